The summed E-state index contributed by atoms with van der Waals surface area (Å²) in [6.45, 7) is 3.33. The standard InChI is InChI=1S/C12H18ClN3O2/c1-9-7-10(17-2)15-11(14-9)16-12(8-13)3-5-18-6-4-12/h7H,3-6,8H2,1-2H3,(H,14,15,16). The Balaban J connectivity index is 2.18. The van der Waals surface area contributed by atoms with E-state index >= 15 is 0 Å². The first kappa shape index (κ1) is 13.4. The second-order valence-corrected chi connectivity index (χ2v) is 4.79. The molecular weight excluding hydrogens is 254 g/mol. The van der Waals surface area contributed by atoms with Gasteiger partial charge in [0.25, 0.3) is 0 Å². The number of ether oxygens (including phenoxy) is 2. The van der Waals surface area contributed by atoms with Crippen LogP contribution >= 0.6 is 11.6 Å². The summed E-state index contributed by atoms with van der Waals surface area (Å²) in [6.07, 6.45) is 1.71. The van der Waals surface area contributed by atoms with E-state index in [4.69, 9.17) is 21.1 Å². The third-order valence-electron chi connectivity index (χ3n) is 3.12. The Morgan fingerprint density at radius 2 is 2.17 bits per heavy atom. The van der Waals surface area contributed by atoms with Crippen LogP contribution in [0.4, 0.5) is 5.95 Å². The SMILES string of the molecule is COc1cc(C)nc(NC2(CCl)CCOCC2)n1. The van der Waals surface area contributed by atoms with E-state index in [2.05, 4.69) is 15.3 Å². The molecule has 1 fully saturated rings. The fraction of sp³-hybridized carbons (Fsp3) is 0.667. The molecule has 0 amide bonds. The molecule has 2 heterocycles. The van der Waals surface area contributed by atoms with Crippen molar-refractivity contribution in [3.05, 3.63) is 11.8 Å². The van der Waals surface area contributed by atoms with Gasteiger partial charge in [-0.2, -0.15) is 4.98 Å². The minimum atomic E-state index is -0.182. The number of hydrogen-bond donors (Lipinski definition) is 1. The summed E-state index contributed by atoms with van der Waals surface area (Å²) >= 11 is 6.10. The smallest absolute Gasteiger partial charge is 0.226 e. The van der Waals surface area contributed by atoms with Crippen molar-refractivity contribution in [2.75, 3.05) is 31.5 Å². The van der Waals surface area contributed by atoms with Crippen LogP contribution in [0.3, 0.4) is 0 Å². The predicted octanol–water partition coefficient (Wildman–Crippen LogP) is 1.99. The van der Waals surface area contributed by atoms with Crippen molar-refractivity contribution in [2.24, 2.45) is 0 Å². The second-order valence-electron chi connectivity index (χ2n) is 4.53. The van der Waals surface area contributed by atoms with Crippen molar-refractivity contribution < 1.29 is 9.47 Å². The summed E-state index contributed by atoms with van der Waals surface area (Å²) < 4.78 is 10.5. The van der Waals surface area contributed by atoms with E-state index in [1.165, 1.54) is 0 Å². The van der Waals surface area contributed by atoms with E-state index in [-0.39, 0.29) is 5.54 Å². The number of rotatable bonds is 4. The predicted molar refractivity (Wildman–Crippen MR) is 70.4 cm³/mol. The molecule has 0 spiro atoms. The van der Waals surface area contributed by atoms with Crippen LogP contribution in [0.1, 0.15) is 18.5 Å². The third kappa shape index (κ3) is 3.03. The largest absolute Gasteiger partial charge is 0.481 e. The highest BCUT2D eigenvalue weighted by atomic mass is 35.5. The Labute approximate surface area is 112 Å². The van der Waals surface area contributed by atoms with Crippen LogP contribution in [0.15, 0.2) is 6.07 Å². The van der Waals surface area contributed by atoms with Crippen molar-refractivity contribution in [1.82, 2.24) is 9.97 Å². The third-order valence-corrected chi connectivity index (χ3v) is 3.63. The lowest BCUT2D eigenvalue weighted by atomic mass is 9.92. The van der Waals surface area contributed by atoms with Gasteiger partial charge >= 0.3 is 0 Å². The Bertz CT molecular complexity index is 408. The second kappa shape index (κ2) is 5.71. The zero-order valence-electron chi connectivity index (χ0n) is 10.7. The molecule has 0 radical (unpaired) electrons. The van der Waals surface area contributed by atoms with Crippen LogP contribution in [-0.4, -0.2) is 41.7 Å². The van der Waals surface area contributed by atoms with Gasteiger partial charge < -0.3 is 14.8 Å². The number of alkyl halides is 1. The number of nitrogens with zero attached hydrogens (tertiary/aromatic N) is 2. The number of aryl methyl sites for hydroxylation is 1. The summed E-state index contributed by atoms with van der Waals surface area (Å²) in [6, 6.07) is 1.79. The lowest BCUT2D eigenvalue weighted by molar-refractivity contribution is 0.0665. The number of nitrogens with one attached hydrogen (secondary N) is 1. The lowest BCUT2D eigenvalue weighted by Gasteiger charge is -2.36. The summed E-state index contributed by atoms with van der Waals surface area (Å²) in [7, 11) is 1.59. The average molecular weight is 272 g/mol. The number of hydrogen-bond acceptors (Lipinski definition) is 5. The van der Waals surface area contributed by atoms with Gasteiger partial charge in [-0.15, -0.1) is 11.6 Å². The molecule has 0 atom stereocenters. The van der Waals surface area contributed by atoms with E-state index < -0.39 is 0 Å². The first-order valence-electron chi connectivity index (χ1n) is 5.99. The van der Waals surface area contributed by atoms with Gasteiger partial charge in [0.05, 0.1) is 12.6 Å². The minimum absolute atomic E-state index is 0.182. The Morgan fingerprint density at radius 3 is 2.78 bits per heavy atom. The highest BCUT2D eigenvalue weighted by Gasteiger charge is 2.32. The maximum Gasteiger partial charge on any atom is 0.226 e. The van der Waals surface area contributed by atoms with Gasteiger partial charge in [-0.25, -0.2) is 4.98 Å². The van der Waals surface area contributed by atoms with Crippen molar-refractivity contribution in [1.29, 1.82) is 0 Å². The van der Waals surface area contributed by atoms with Gasteiger partial charge in [0.2, 0.25) is 11.8 Å². The highest BCUT2D eigenvalue weighted by Crippen LogP contribution is 2.26. The lowest BCUT2D eigenvalue weighted by Crippen LogP contribution is -2.45. The van der Waals surface area contributed by atoms with Gasteiger partial charge in [0, 0.05) is 30.9 Å². The van der Waals surface area contributed by atoms with E-state index in [1.54, 1.807) is 13.2 Å². The molecule has 1 aromatic rings. The number of aromatic nitrogens is 2. The molecule has 0 aromatic carbocycles. The molecule has 5 nitrogen and oxygen atoms in total. The molecular formula is C12H18ClN3O2. The molecule has 18 heavy (non-hydrogen) atoms. The van der Waals surface area contributed by atoms with E-state index in [0.29, 0.717) is 30.9 Å². The summed E-state index contributed by atoms with van der Waals surface area (Å²) in [5.74, 6) is 1.63. The van der Waals surface area contributed by atoms with Gasteiger partial charge in [-0.3, -0.25) is 0 Å². The number of anilines is 1. The summed E-state index contributed by atoms with van der Waals surface area (Å²) in [5, 5.41) is 3.35. The molecule has 1 aliphatic heterocycles. The molecule has 1 N–H and O–H groups in total. The van der Waals surface area contributed by atoms with Crippen LogP contribution in [0.25, 0.3) is 0 Å². The molecule has 0 saturated carbocycles. The van der Waals surface area contributed by atoms with Crippen LogP contribution in [0.5, 0.6) is 5.88 Å². The Kier molecular flexibility index (Phi) is 4.24. The minimum Gasteiger partial charge on any atom is -0.481 e. The van der Waals surface area contributed by atoms with Crippen LogP contribution in [0, 0.1) is 6.92 Å². The monoisotopic (exact) mass is 271 g/mol. The molecule has 1 saturated heterocycles. The number of halogens is 1. The summed E-state index contributed by atoms with van der Waals surface area (Å²) in [5.41, 5.74) is 0.680. The van der Waals surface area contributed by atoms with Gasteiger partial charge in [-0.1, -0.05) is 0 Å². The number of methoxy groups -OCH3 is 1. The fourth-order valence-electron chi connectivity index (χ4n) is 1.99. The van der Waals surface area contributed by atoms with Gasteiger partial charge in [0.15, 0.2) is 0 Å². The fourth-order valence-corrected chi connectivity index (χ4v) is 2.33. The van der Waals surface area contributed by atoms with E-state index in [0.717, 1.165) is 18.5 Å². The Hall–Kier alpha value is -1.07. The summed E-state index contributed by atoms with van der Waals surface area (Å²) in [4.78, 5) is 8.66. The first-order valence-corrected chi connectivity index (χ1v) is 6.52. The van der Waals surface area contributed by atoms with E-state index in [9.17, 15) is 0 Å². The molecule has 0 unspecified atom stereocenters. The van der Waals surface area contributed by atoms with Crippen LogP contribution in [0.2, 0.25) is 0 Å². The molecule has 6 heteroatoms. The molecule has 1 aliphatic rings. The topological polar surface area (TPSA) is 56.3 Å². The van der Waals surface area contributed by atoms with Crippen molar-refractivity contribution in [3.63, 3.8) is 0 Å². The average Bonchev–Trinajstić information content (AvgIpc) is 2.39. The molecule has 0 bridgehead atoms. The zero-order valence-corrected chi connectivity index (χ0v) is 11.5. The molecule has 2 rings (SSSR count). The van der Waals surface area contributed by atoms with Crippen LogP contribution < -0.4 is 10.1 Å². The van der Waals surface area contributed by atoms with Crippen molar-refractivity contribution in [3.8, 4) is 5.88 Å². The quantitative estimate of drug-likeness (QED) is 0.849. The zero-order chi connectivity index (χ0) is 13.0. The Morgan fingerprint density at radius 1 is 1.44 bits per heavy atom. The molecule has 0 aliphatic carbocycles. The molecule has 1 aromatic heterocycles. The van der Waals surface area contributed by atoms with Crippen LogP contribution in [-0.2, 0) is 4.74 Å². The van der Waals surface area contributed by atoms with Gasteiger partial charge in [-0.05, 0) is 19.8 Å². The van der Waals surface area contributed by atoms with Crippen molar-refractivity contribution >= 4 is 17.5 Å². The maximum absolute atomic E-state index is 6.10. The molecule has 100 valence electrons. The van der Waals surface area contributed by atoms with Crippen molar-refractivity contribution in [2.45, 2.75) is 25.3 Å². The van der Waals surface area contributed by atoms with E-state index in [1.807, 2.05) is 6.92 Å². The first-order chi connectivity index (χ1) is 8.67. The highest BCUT2D eigenvalue weighted by molar-refractivity contribution is 6.18. The maximum atomic E-state index is 6.10. The normalized spacial score (nSPS) is 18.4. The van der Waals surface area contributed by atoms with Gasteiger partial charge in [0.1, 0.15) is 0 Å².